The third-order valence-electron chi connectivity index (χ3n) is 3.87. The molecule has 1 aromatic rings. The van der Waals surface area contributed by atoms with Gasteiger partial charge in [-0.3, -0.25) is 0 Å². The van der Waals surface area contributed by atoms with Gasteiger partial charge in [0.15, 0.2) is 0 Å². The van der Waals surface area contributed by atoms with Crippen molar-refractivity contribution >= 4 is 17.6 Å². The van der Waals surface area contributed by atoms with Gasteiger partial charge in [0, 0.05) is 5.56 Å². The summed E-state index contributed by atoms with van der Waals surface area (Å²) in [7, 11) is 0. The Labute approximate surface area is 128 Å². The number of nitrogens with two attached hydrogens (primary N) is 3. The van der Waals surface area contributed by atoms with Gasteiger partial charge in [0.05, 0.1) is 0 Å². The summed E-state index contributed by atoms with van der Waals surface area (Å²) in [5, 5.41) is 0. The van der Waals surface area contributed by atoms with Crippen LogP contribution in [-0.4, -0.2) is 9.97 Å². The first-order chi connectivity index (χ1) is 10.1. The zero-order valence-electron chi connectivity index (χ0n) is 13.4. The van der Waals surface area contributed by atoms with Crippen molar-refractivity contribution in [2.24, 2.45) is 0 Å². The van der Waals surface area contributed by atoms with Gasteiger partial charge in [-0.1, -0.05) is 64.7 Å². The molecule has 5 nitrogen and oxygen atoms in total. The molecule has 1 aromatic heterocycles. The zero-order valence-corrected chi connectivity index (χ0v) is 13.4. The Bertz CT molecular complexity index is 383. The van der Waals surface area contributed by atoms with Gasteiger partial charge in [0.1, 0.15) is 11.6 Å². The quantitative estimate of drug-likeness (QED) is 0.540. The molecule has 0 unspecified atom stereocenters. The summed E-state index contributed by atoms with van der Waals surface area (Å²) in [6.45, 7) is 2.26. The van der Waals surface area contributed by atoms with Crippen LogP contribution in [0.15, 0.2) is 0 Å². The normalized spacial score (nSPS) is 10.9. The lowest BCUT2D eigenvalue weighted by Crippen LogP contribution is -2.08. The van der Waals surface area contributed by atoms with E-state index in [0.29, 0.717) is 11.6 Å². The molecule has 0 amide bonds. The molecule has 21 heavy (non-hydrogen) atoms. The number of nitrogen functional groups attached to an aromatic ring is 3. The molecule has 0 aliphatic heterocycles. The van der Waals surface area contributed by atoms with Gasteiger partial charge in [-0.25, -0.2) is 0 Å². The molecule has 0 aromatic carbocycles. The van der Waals surface area contributed by atoms with Gasteiger partial charge < -0.3 is 17.2 Å². The Kier molecular flexibility index (Phi) is 8.55. The molecule has 0 radical (unpaired) electrons. The summed E-state index contributed by atoms with van der Waals surface area (Å²) in [5.41, 5.74) is 18.0. The molecule has 0 saturated heterocycles. The van der Waals surface area contributed by atoms with Crippen LogP contribution in [0.25, 0.3) is 0 Å². The Morgan fingerprint density at radius 3 is 1.57 bits per heavy atom. The molecule has 0 fully saturated rings. The van der Waals surface area contributed by atoms with Crippen molar-refractivity contribution < 1.29 is 0 Å². The number of rotatable bonds is 11. The van der Waals surface area contributed by atoms with Crippen molar-refractivity contribution in [1.82, 2.24) is 9.97 Å². The van der Waals surface area contributed by atoms with Gasteiger partial charge in [-0.2, -0.15) is 9.97 Å². The number of hydrogen-bond donors (Lipinski definition) is 3. The molecule has 0 bridgehead atoms. The van der Waals surface area contributed by atoms with Gasteiger partial charge in [0.25, 0.3) is 0 Å². The molecule has 0 aliphatic carbocycles. The Morgan fingerprint density at radius 2 is 1.10 bits per heavy atom. The van der Waals surface area contributed by atoms with Crippen LogP contribution in [0.3, 0.4) is 0 Å². The summed E-state index contributed by atoms with van der Waals surface area (Å²) < 4.78 is 0. The maximum Gasteiger partial charge on any atom is 0.223 e. The first-order valence-corrected chi connectivity index (χ1v) is 8.32. The molecule has 5 heteroatoms. The number of unbranched alkanes of at least 4 members (excludes halogenated alkanes) is 9. The van der Waals surface area contributed by atoms with Crippen molar-refractivity contribution in [3.63, 3.8) is 0 Å². The zero-order chi connectivity index (χ0) is 15.5. The minimum absolute atomic E-state index is 0.150. The van der Waals surface area contributed by atoms with Gasteiger partial charge in [-0.15, -0.1) is 0 Å². The van der Waals surface area contributed by atoms with Crippen molar-refractivity contribution in [1.29, 1.82) is 0 Å². The molecule has 0 aliphatic rings. The summed E-state index contributed by atoms with van der Waals surface area (Å²) in [4.78, 5) is 7.93. The van der Waals surface area contributed by atoms with E-state index in [0.717, 1.165) is 18.4 Å². The topological polar surface area (TPSA) is 104 Å². The van der Waals surface area contributed by atoms with E-state index in [1.54, 1.807) is 0 Å². The highest BCUT2D eigenvalue weighted by molar-refractivity contribution is 5.55. The third-order valence-corrected chi connectivity index (χ3v) is 3.87. The minimum Gasteiger partial charge on any atom is -0.383 e. The van der Waals surface area contributed by atoms with E-state index in [4.69, 9.17) is 17.2 Å². The lowest BCUT2D eigenvalue weighted by molar-refractivity contribution is 0.556. The van der Waals surface area contributed by atoms with E-state index < -0.39 is 0 Å². The average Bonchev–Trinajstić information content (AvgIpc) is 2.43. The van der Waals surface area contributed by atoms with Crippen LogP contribution in [0.5, 0.6) is 0 Å². The number of anilines is 3. The maximum atomic E-state index is 5.83. The first kappa shape index (κ1) is 17.5. The fourth-order valence-electron chi connectivity index (χ4n) is 2.58. The monoisotopic (exact) mass is 293 g/mol. The standard InChI is InChI=1S/C16H31N5/c1-2-3-4-5-6-7-8-9-10-11-12-13-14(17)20-16(19)21-15(13)18/h2-12H2,1H3,(H6,17,18,19,20,21). The molecule has 0 spiro atoms. The lowest BCUT2D eigenvalue weighted by atomic mass is 10.0. The summed E-state index contributed by atoms with van der Waals surface area (Å²) in [5.74, 6) is 1.00. The van der Waals surface area contributed by atoms with Crippen LogP contribution < -0.4 is 17.2 Å². The molecule has 0 saturated carbocycles. The summed E-state index contributed by atoms with van der Waals surface area (Å²) in [6, 6.07) is 0. The van der Waals surface area contributed by atoms with Crippen LogP contribution in [0.2, 0.25) is 0 Å². The van der Waals surface area contributed by atoms with E-state index in [1.807, 2.05) is 0 Å². The second-order valence-corrected chi connectivity index (χ2v) is 5.76. The second kappa shape index (κ2) is 10.2. The summed E-state index contributed by atoms with van der Waals surface area (Å²) in [6.07, 6.45) is 14.0. The molecule has 0 atom stereocenters. The molecular weight excluding hydrogens is 262 g/mol. The summed E-state index contributed by atoms with van der Waals surface area (Å²) >= 11 is 0. The average molecular weight is 293 g/mol. The van der Waals surface area contributed by atoms with Gasteiger partial charge in [-0.05, 0) is 12.8 Å². The first-order valence-electron chi connectivity index (χ1n) is 8.32. The Hall–Kier alpha value is -1.52. The van der Waals surface area contributed by atoms with Crippen LogP contribution in [0, 0.1) is 0 Å². The number of aromatic nitrogens is 2. The fourth-order valence-corrected chi connectivity index (χ4v) is 2.58. The van der Waals surface area contributed by atoms with E-state index in [9.17, 15) is 0 Å². The highest BCUT2D eigenvalue weighted by Gasteiger charge is 2.08. The lowest BCUT2D eigenvalue weighted by Gasteiger charge is -2.08. The van der Waals surface area contributed by atoms with E-state index >= 15 is 0 Å². The van der Waals surface area contributed by atoms with Gasteiger partial charge in [0.2, 0.25) is 5.95 Å². The third kappa shape index (κ3) is 7.16. The maximum absolute atomic E-state index is 5.83. The molecular formula is C16H31N5. The van der Waals surface area contributed by atoms with E-state index in [1.165, 1.54) is 57.8 Å². The van der Waals surface area contributed by atoms with Crippen LogP contribution in [-0.2, 0) is 6.42 Å². The molecule has 6 N–H and O–H groups in total. The second-order valence-electron chi connectivity index (χ2n) is 5.76. The van der Waals surface area contributed by atoms with Crippen molar-refractivity contribution in [3.05, 3.63) is 5.56 Å². The van der Waals surface area contributed by atoms with Crippen LogP contribution >= 0.6 is 0 Å². The largest absolute Gasteiger partial charge is 0.383 e. The van der Waals surface area contributed by atoms with Crippen LogP contribution in [0.4, 0.5) is 17.6 Å². The predicted molar refractivity (Wildman–Crippen MR) is 90.8 cm³/mol. The molecule has 120 valence electrons. The van der Waals surface area contributed by atoms with Gasteiger partial charge >= 0.3 is 0 Å². The van der Waals surface area contributed by atoms with Crippen molar-refractivity contribution in [3.8, 4) is 0 Å². The van der Waals surface area contributed by atoms with E-state index in [2.05, 4.69) is 16.9 Å². The van der Waals surface area contributed by atoms with Crippen LogP contribution in [0.1, 0.15) is 76.7 Å². The smallest absolute Gasteiger partial charge is 0.223 e. The number of hydrogen-bond acceptors (Lipinski definition) is 5. The SMILES string of the molecule is CCCCCCCCCCCCc1c(N)nc(N)nc1N. The van der Waals surface area contributed by atoms with Crippen molar-refractivity contribution in [2.75, 3.05) is 17.2 Å². The van der Waals surface area contributed by atoms with E-state index in [-0.39, 0.29) is 5.95 Å². The molecule has 1 rings (SSSR count). The highest BCUT2D eigenvalue weighted by atomic mass is 15.1. The fraction of sp³-hybridized carbons (Fsp3) is 0.750. The molecule has 1 heterocycles. The minimum atomic E-state index is 0.150. The van der Waals surface area contributed by atoms with Crippen molar-refractivity contribution in [2.45, 2.75) is 77.6 Å². The number of nitrogens with zero attached hydrogens (tertiary/aromatic N) is 2. The predicted octanol–water partition coefficient (Wildman–Crippen LogP) is 3.69. The highest BCUT2D eigenvalue weighted by Crippen LogP contribution is 2.20. The Morgan fingerprint density at radius 1 is 0.667 bits per heavy atom. The Balaban J connectivity index is 2.07.